The number of ether oxygens (including phenoxy) is 1. The molecule has 336 valence electrons. The van der Waals surface area contributed by atoms with Crippen molar-refractivity contribution in [2.75, 3.05) is 4.90 Å². The molecule has 0 saturated heterocycles. The third-order valence-electron chi connectivity index (χ3n) is 14.3. The molecule has 0 amide bonds. The molecule has 1 aliphatic carbocycles. The van der Waals surface area contributed by atoms with E-state index >= 15 is 0 Å². The van der Waals surface area contributed by atoms with Gasteiger partial charge in [-0.1, -0.05) is 216 Å². The third kappa shape index (κ3) is 8.92. The Morgan fingerprint density at radius 2 is 0.956 bits per heavy atom. The molecule has 10 rings (SSSR count). The van der Waals surface area contributed by atoms with Crippen LogP contribution in [0.5, 0.6) is 5.75 Å². The summed E-state index contributed by atoms with van der Waals surface area (Å²) in [6.07, 6.45) is 7.24. The predicted octanol–water partition coefficient (Wildman–Crippen LogP) is 18.1. The second-order valence-electron chi connectivity index (χ2n) is 18.6. The molecular formula is C66H61NO. The highest BCUT2D eigenvalue weighted by Crippen LogP contribution is 2.57. The molecule has 68 heavy (non-hydrogen) atoms. The summed E-state index contributed by atoms with van der Waals surface area (Å²) in [5, 5.41) is 0. The van der Waals surface area contributed by atoms with Crippen molar-refractivity contribution in [3.8, 4) is 39.1 Å². The first-order valence-electron chi connectivity index (χ1n) is 24.8. The van der Waals surface area contributed by atoms with Crippen LogP contribution in [-0.4, -0.2) is 0 Å². The SMILES string of the molecule is CCCCCCc1ccc(C2(c3ccc(OCc4ccc(C(C)CC)cc4)cc3)c3ccccc3-c3ccc(N(c4ccc(-c5ccccc5)cc4)c4ccc(-c5ccccc5)cc4)cc32)cc1. The number of hydrogen-bond acceptors (Lipinski definition) is 2. The summed E-state index contributed by atoms with van der Waals surface area (Å²) in [5.74, 6) is 1.41. The lowest BCUT2D eigenvalue weighted by molar-refractivity contribution is 0.306. The van der Waals surface area contributed by atoms with Crippen molar-refractivity contribution in [2.24, 2.45) is 0 Å². The van der Waals surface area contributed by atoms with Crippen molar-refractivity contribution in [3.63, 3.8) is 0 Å². The summed E-state index contributed by atoms with van der Waals surface area (Å²) in [4.78, 5) is 2.42. The number of nitrogens with zero attached hydrogens (tertiary/aromatic N) is 1. The quantitative estimate of drug-likeness (QED) is 0.0845. The number of rotatable bonds is 17. The van der Waals surface area contributed by atoms with Crippen molar-refractivity contribution in [3.05, 3.63) is 263 Å². The van der Waals surface area contributed by atoms with E-state index in [1.807, 2.05) is 0 Å². The number of unbranched alkanes of at least 4 members (excludes halogenated alkanes) is 3. The van der Waals surface area contributed by atoms with E-state index < -0.39 is 5.41 Å². The summed E-state index contributed by atoms with van der Waals surface area (Å²) >= 11 is 0. The second-order valence-corrected chi connectivity index (χ2v) is 18.6. The van der Waals surface area contributed by atoms with Gasteiger partial charge in [0, 0.05) is 17.1 Å². The first-order valence-corrected chi connectivity index (χ1v) is 24.8. The Kier molecular flexibility index (Phi) is 13.2. The van der Waals surface area contributed by atoms with Crippen LogP contribution >= 0.6 is 0 Å². The zero-order valence-corrected chi connectivity index (χ0v) is 39.7. The molecule has 2 atom stereocenters. The van der Waals surface area contributed by atoms with Crippen molar-refractivity contribution in [2.45, 2.75) is 77.2 Å². The number of benzene rings is 9. The van der Waals surface area contributed by atoms with Crippen LogP contribution in [0, 0.1) is 0 Å². The Balaban J connectivity index is 1.09. The van der Waals surface area contributed by atoms with Gasteiger partial charge in [-0.05, 0) is 146 Å². The highest BCUT2D eigenvalue weighted by molar-refractivity contribution is 5.90. The first kappa shape index (κ1) is 44.4. The summed E-state index contributed by atoms with van der Waals surface area (Å²) < 4.78 is 6.50. The van der Waals surface area contributed by atoms with Crippen LogP contribution in [0.25, 0.3) is 33.4 Å². The van der Waals surface area contributed by atoms with Gasteiger partial charge in [0.25, 0.3) is 0 Å². The zero-order valence-electron chi connectivity index (χ0n) is 39.7. The summed E-state index contributed by atoms with van der Waals surface area (Å²) in [6.45, 7) is 7.34. The fraction of sp³-hybridized carbons (Fsp3) is 0.182. The van der Waals surface area contributed by atoms with E-state index in [2.05, 4.69) is 250 Å². The molecular weight excluding hydrogens is 823 g/mol. The average molecular weight is 884 g/mol. The van der Waals surface area contributed by atoms with Crippen LogP contribution in [0.2, 0.25) is 0 Å². The van der Waals surface area contributed by atoms with Crippen molar-refractivity contribution in [1.82, 2.24) is 0 Å². The molecule has 0 aromatic heterocycles. The smallest absolute Gasteiger partial charge is 0.119 e. The number of hydrogen-bond donors (Lipinski definition) is 0. The number of anilines is 3. The van der Waals surface area contributed by atoms with E-state index in [0.717, 1.165) is 35.7 Å². The van der Waals surface area contributed by atoms with Gasteiger partial charge in [0.1, 0.15) is 12.4 Å². The lowest BCUT2D eigenvalue weighted by Gasteiger charge is -2.35. The molecule has 2 unspecified atom stereocenters. The van der Waals surface area contributed by atoms with Crippen molar-refractivity contribution < 1.29 is 4.74 Å². The molecule has 0 fully saturated rings. The molecule has 0 heterocycles. The number of aryl methyl sites for hydroxylation is 1. The minimum atomic E-state index is -0.590. The average Bonchev–Trinajstić information content (AvgIpc) is 3.71. The van der Waals surface area contributed by atoms with Crippen LogP contribution in [0.1, 0.15) is 97.7 Å². The molecule has 0 spiro atoms. The van der Waals surface area contributed by atoms with Crippen molar-refractivity contribution >= 4 is 17.1 Å². The van der Waals surface area contributed by atoms with Gasteiger partial charge >= 0.3 is 0 Å². The molecule has 2 heteroatoms. The fourth-order valence-corrected chi connectivity index (χ4v) is 10.3. The topological polar surface area (TPSA) is 12.5 Å². The molecule has 0 aliphatic heterocycles. The normalized spacial score (nSPS) is 14.2. The largest absolute Gasteiger partial charge is 0.489 e. The van der Waals surface area contributed by atoms with Gasteiger partial charge in [0.2, 0.25) is 0 Å². The fourth-order valence-electron chi connectivity index (χ4n) is 10.3. The van der Waals surface area contributed by atoms with E-state index in [9.17, 15) is 0 Å². The van der Waals surface area contributed by atoms with Gasteiger partial charge in [-0.2, -0.15) is 0 Å². The van der Waals surface area contributed by atoms with E-state index in [0.29, 0.717) is 12.5 Å². The molecule has 1 aliphatic rings. The highest BCUT2D eigenvalue weighted by atomic mass is 16.5. The van der Waals surface area contributed by atoms with E-state index in [1.54, 1.807) is 0 Å². The Bertz CT molecular complexity index is 2960. The monoisotopic (exact) mass is 883 g/mol. The Morgan fingerprint density at radius 1 is 0.441 bits per heavy atom. The summed E-state index contributed by atoms with van der Waals surface area (Å²) in [6, 6.07) is 83.0. The van der Waals surface area contributed by atoms with E-state index in [4.69, 9.17) is 4.74 Å². The van der Waals surface area contributed by atoms with Gasteiger partial charge in [0.05, 0.1) is 5.41 Å². The highest BCUT2D eigenvalue weighted by Gasteiger charge is 2.46. The van der Waals surface area contributed by atoms with Crippen LogP contribution in [0.4, 0.5) is 17.1 Å². The Hall–Kier alpha value is -7.42. The minimum absolute atomic E-state index is 0.522. The van der Waals surface area contributed by atoms with Gasteiger partial charge in [-0.25, -0.2) is 0 Å². The minimum Gasteiger partial charge on any atom is -0.489 e. The van der Waals surface area contributed by atoms with Crippen LogP contribution in [-0.2, 0) is 18.4 Å². The predicted molar refractivity (Wildman–Crippen MR) is 287 cm³/mol. The number of fused-ring (bicyclic) bond motifs is 3. The Labute approximate surface area is 404 Å². The van der Waals surface area contributed by atoms with Crippen molar-refractivity contribution in [1.29, 1.82) is 0 Å². The van der Waals surface area contributed by atoms with E-state index in [1.165, 1.54) is 98.0 Å². The second kappa shape index (κ2) is 20.2. The maximum Gasteiger partial charge on any atom is 0.119 e. The molecule has 0 N–H and O–H groups in total. The van der Waals surface area contributed by atoms with Crippen LogP contribution < -0.4 is 9.64 Å². The zero-order chi connectivity index (χ0) is 46.3. The third-order valence-corrected chi connectivity index (χ3v) is 14.3. The lowest BCUT2D eigenvalue weighted by atomic mass is 9.67. The maximum absolute atomic E-state index is 6.50. The van der Waals surface area contributed by atoms with Crippen LogP contribution in [0.15, 0.2) is 224 Å². The van der Waals surface area contributed by atoms with Gasteiger partial charge in [-0.15, -0.1) is 0 Å². The molecule has 0 saturated carbocycles. The standard InChI is InChI=1S/C66H61NO/c1-4-6-7-10-17-49-26-34-56(35-27-49)66(57-36-43-61(44-37-57)68-47-50-24-28-51(29-25-50)48(3)5-2)64-23-16-15-22-62(64)63-45-42-60(46-65(63)66)67(58-38-30-54(31-39-58)52-18-11-8-12-19-52)59-40-32-55(33-41-59)53-20-13-9-14-21-53/h8-9,11-16,18-46,48H,4-7,10,17,47H2,1-3H3. The molecule has 9 aromatic rings. The summed E-state index contributed by atoms with van der Waals surface area (Å²) in [7, 11) is 0. The summed E-state index contributed by atoms with van der Waals surface area (Å²) in [5.41, 5.74) is 19.0. The molecule has 9 aromatic carbocycles. The van der Waals surface area contributed by atoms with Gasteiger partial charge < -0.3 is 9.64 Å². The molecule has 0 bridgehead atoms. The van der Waals surface area contributed by atoms with Gasteiger partial charge in [-0.3, -0.25) is 0 Å². The lowest BCUT2D eigenvalue weighted by Crippen LogP contribution is -2.29. The first-order chi connectivity index (χ1) is 33.5. The van der Waals surface area contributed by atoms with Crippen LogP contribution in [0.3, 0.4) is 0 Å². The maximum atomic E-state index is 6.50. The van der Waals surface area contributed by atoms with E-state index in [-0.39, 0.29) is 0 Å². The molecule has 0 radical (unpaired) electrons. The molecule has 2 nitrogen and oxygen atoms in total. The van der Waals surface area contributed by atoms with Gasteiger partial charge in [0.15, 0.2) is 0 Å². The Morgan fingerprint density at radius 3 is 1.54 bits per heavy atom.